The number of halogens is 1. The van der Waals surface area contributed by atoms with Crippen LogP contribution >= 0.6 is 0 Å². The summed E-state index contributed by atoms with van der Waals surface area (Å²) in [7, 11) is 0. The molecule has 3 nitrogen and oxygen atoms in total. The molecule has 0 unspecified atom stereocenters. The summed E-state index contributed by atoms with van der Waals surface area (Å²) in [5.41, 5.74) is -0.00359. The predicted octanol–water partition coefficient (Wildman–Crippen LogP) is 4.02. The van der Waals surface area contributed by atoms with E-state index in [-0.39, 0.29) is 5.56 Å². The molecule has 0 spiro atoms. The molecule has 0 aromatic heterocycles. The molecule has 0 atom stereocenters. The maximum Gasteiger partial charge on any atom is 0.303 e. The first-order valence-electron chi connectivity index (χ1n) is 6.90. The summed E-state index contributed by atoms with van der Waals surface area (Å²) in [5.74, 6) is -1.49. The van der Waals surface area contributed by atoms with Crippen LogP contribution in [-0.2, 0) is 9.53 Å². The van der Waals surface area contributed by atoms with E-state index in [1.807, 2.05) is 18.2 Å². The van der Waals surface area contributed by atoms with E-state index in [0.29, 0.717) is 5.56 Å². The molecule has 0 aliphatic carbocycles. The second-order valence-corrected chi connectivity index (χ2v) is 5.49. The standard InChI is InChI=1S/C18H17FO3/c1-12(20)22-18(2,3)17(21)14-9-10-15(16(19)11-14)13-7-5-4-6-8-13/h4-11H,1-3H3. The Morgan fingerprint density at radius 1 is 1.05 bits per heavy atom. The first-order valence-corrected chi connectivity index (χ1v) is 6.90. The monoisotopic (exact) mass is 300 g/mol. The highest BCUT2D eigenvalue weighted by Gasteiger charge is 2.32. The number of rotatable bonds is 4. The maximum absolute atomic E-state index is 14.3. The van der Waals surface area contributed by atoms with Gasteiger partial charge in [-0.3, -0.25) is 9.59 Å². The quantitative estimate of drug-likeness (QED) is 0.633. The van der Waals surface area contributed by atoms with Gasteiger partial charge in [0.15, 0.2) is 5.60 Å². The fourth-order valence-corrected chi connectivity index (χ4v) is 2.26. The topological polar surface area (TPSA) is 43.4 Å². The third-order valence-electron chi connectivity index (χ3n) is 3.26. The van der Waals surface area contributed by atoms with Crippen molar-refractivity contribution in [3.05, 3.63) is 59.9 Å². The van der Waals surface area contributed by atoms with Crippen LogP contribution in [0.5, 0.6) is 0 Å². The Labute approximate surface area is 128 Å². The van der Waals surface area contributed by atoms with E-state index in [1.54, 1.807) is 24.3 Å². The second-order valence-electron chi connectivity index (χ2n) is 5.49. The summed E-state index contributed by atoms with van der Waals surface area (Å²) in [4.78, 5) is 23.4. The minimum absolute atomic E-state index is 0.170. The fraction of sp³-hybridized carbons (Fsp3) is 0.222. The molecule has 0 aliphatic heterocycles. The second kappa shape index (κ2) is 6.10. The van der Waals surface area contributed by atoms with Crippen LogP contribution in [0.2, 0.25) is 0 Å². The molecule has 0 fully saturated rings. The Balaban J connectivity index is 2.34. The first kappa shape index (κ1) is 15.9. The van der Waals surface area contributed by atoms with Crippen LogP contribution < -0.4 is 0 Å². The number of carbonyl (C=O) groups excluding carboxylic acids is 2. The summed E-state index contributed by atoms with van der Waals surface area (Å²) in [5, 5.41) is 0. The lowest BCUT2D eigenvalue weighted by atomic mass is 9.94. The molecule has 0 amide bonds. The smallest absolute Gasteiger partial charge is 0.303 e. The maximum atomic E-state index is 14.3. The Bertz CT molecular complexity index is 706. The first-order chi connectivity index (χ1) is 10.3. The number of esters is 1. The van der Waals surface area contributed by atoms with Gasteiger partial charge in [-0.05, 0) is 25.5 Å². The molecule has 0 N–H and O–H groups in total. The number of benzene rings is 2. The minimum atomic E-state index is -1.33. The van der Waals surface area contributed by atoms with Crippen LogP contribution in [0.3, 0.4) is 0 Å². The SMILES string of the molecule is CC(=O)OC(C)(C)C(=O)c1ccc(-c2ccccc2)c(F)c1. The normalized spacial score (nSPS) is 11.1. The van der Waals surface area contributed by atoms with E-state index < -0.39 is 23.2 Å². The number of hydrogen-bond donors (Lipinski definition) is 0. The number of hydrogen-bond acceptors (Lipinski definition) is 3. The molecule has 2 rings (SSSR count). The van der Waals surface area contributed by atoms with Crippen LogP contribution in [0, 0.1) is 5.82 Å². The molecule has 0 aliphatic rings. The van der Waals surface area contributed by atoms with Crippen LogP contribution in [0.1, 0.15) is 31.1 Å². The lowest BCUT2D eigenvalue weighted by Crippen LogP contribution is -2.36. The molecular weight excluding hydrogens is 283 g/mol. The van der Waals surface area contributed by atoms with E-state index in [0.717, 1.165) is 5.56 Å². The number of carbonyl (C=O) groups is 2. The Morgan fingerprint density at radius 3 is 2.23 bits per heavy atom. The van der Waals surface area contributed by atoms with Gasteiger partial charge in [0.1, 0.15) is 5.82 Å². The van der Waals surface area contributed by atoms with Gasteiger partial charge in [-0.2, -0.15) is 0 Å². The lowest BCUT2D eigenvalue weighted by molar-refractivity contribution is -0.149. The molecule has 0 radical (unpaired) electrons. The van der Waals surface area contributed by atoms with Gasteiger partial charge in [-0.25, -0.2) is 4.39 Å². The zero-order valence-corrected chi connectivity index (χ0v) is 12.7. The average Bonchev–Trinajstić information content (AvgIpc) is 2.46. The van der Waals surface area contributed by atoms with E-state index in [2.05, 4.69) is 0 Å². The van der Waals surface area contributed by atoms with Gasteiger partial charge in [0.2, 0.25) is 5.78 Å². The van der Waals surface area contributed by atoms with Crippen molar-refractivity contribution in [3.8, 4) is 11.1 Å². The van der Waals surface area contributed by atoms with Gasteiger partial charge in [0, 0.05) is 18.1 Å². The van der Waals surface area contributed by atoms with Crippen LogP contribution in [0.25, 0.3) is 11.1 Å². The molecule has 22 heavy (non-hydrogen) atoms. The largest absolute Gasteiger partial charge is 0.451 e. The lowest BCUT2D eigenvalue weighted by Gasteiger charge is -2.23. The zero-order chi connectivity index (χ0) is 16.3. The third-order valence-corrected chi connectivity index (χ3v) is 3.26. The summed E-state index contributed by atoms with van der Waals surface area (Å²) < 4.78 is 19.3. The van der Waals surface area contributed by atoms with Crippen LogP contribution in [-0.4, -0.2) is 17.4 Å². The summed E-state index contributed by atoms with van der Waals surface area (Å²) in [6, 6.07) is 13.3. The van der Waals surface area contributed by atoms with Crippen molar-refractivity contribution in [1.82, 2.24) is 0 Å². The molecule has 114 valence electrons. The summed E-state index contributed by atoms with van der Waals surface area (Å²) in [6.45, 7) is 4.20. The number of Topliss-reactive ketones (excluding diaryl/α,β-unsaturated/α-hetero) is 1. The fourth-order valence-electron chi connectivity index (χ4n) is 2.26. The Hall–Kier alpha value is -2.49. The molecule has 0 saturated carbocycles. The van der Waals surface area contributed by atoms with Gasteiger partial charge >= 0.3 is 5.97 Å². The van der Waals surface area contributed by atoms with Crippen molar-refractivity contribution in [3.63, 3.8) is 0 Å². The van der Waals surface area contributed by atoms with Gasteiger partial charge < -0.3 is 4.74 Å². The van der Waals surface area contributed by atoms with Crippen LogP contribution in [0.15, 0.2) is 48.5 Å². The van der Waals surface area contributed by atoms with Crippen molar-refractivity contribution in [2.45, 2.75) is 26.4 Å². The number of ketones is 1. The van der Waals surface area contributed by atoms with E-state index in [1.165, 1.54) is 26.8 Å². The Kier molecular flexibility index (Phi) is 4.40. The average molecular weight is 300 g/mol. The summed E-state index contributed by atoms with van der Waals surface area (Å²) in [6.07, 6.45) is 0. The van der Waals surface area contributed by atoms with Gasteiger partial charge in [-0.15, -0.1) is 0 Å². The van der Waals surface area contributed by atoms with Gasteiger partial charge in [0.05, 0.1) is 0 Å². The van der Waals surface area contributed by atoms with Gasteiger partial charge in [0.25, 0.3) is 0 Å². The highest BCUT2D eigenvalue weighted by Crippen LogP contribution is 2.25. The van der Waals surface area contributed by atoms with Crippen molar-refractivity contribution in [1.29, 1.82) is 0 Å². The van der Waals surface area contributed by atoms with Crippen LogP contribution in [0.4, 0.5) is 4.39 Å². The van der Waals surface area contributed by atoms with E-state index in [9.17, 15) is 14.0 Å². The summed E-state index contributed by atoms with van der Waals surface area (Å²) >= 11 is 0. The highest BCUT2D eigenvalue weighted by molar-refractivity contribution is 6.03. The van der Waals surface area contributed by atoms with E-state index >= 15 is 0 Å². The van der Waals surface area contributed by atoms with Crippen molar-refractivity contribution < 1.29 is 18.7 Å². The highest BCUT2D eigenvalue weighted by atomic mass is 19.1. The predicted molar refractivity (Wildman–Crippen MR) is 82.0 cm³/mol. The molecule has 0 bridgehead atoms. The molecule has 2 aromatic rings. The molecule has 2 aromatic carbocycles. The number of ether oxygens (including phenoxy) is 1. The zero-order valence-electron chi connectivity index (χ0n) is 12.7. The van der Waals surface area contributed by atoms with E-state index in [4.69, 9.17) is 4.74 Å². The molecule has 0 heterocycles. The molecule has 4 heteroatoms. The minimum Gasteiger partial charge on any atom is -0.451 e. The Morgan fingerprint density at radius 2 is 1.68 bits per heavy atom. The van der Waals surface area contributed by atoms with Gasteiger partial charge in [-0.1, -0.05) is 42.5 Å². The third kappa shape index (κ3) is 3.39. The molecular formula is C18H17FO3. The molecule has 0 saturated heterocycles. The van der Waals surface area contributed by atoms with Crippen molar-refractivity contribution in [2.24, 2.45) is 0 Å². The van der Waals surface area contributed by atoms with Crippen molar-refractivity contribution in [2.75, 3.05) is 0 Å². The van der Waals surface area contributed by atoms with Crippen molar-refractivity contribution >= 4 is 11.8 Å².